The van der Waals surface area contributed by atoms with Gasteiger partial charge in [0.25, 0.3) is 5.91 Å². The summed E-state index contributed by atoms with van der Waals surface area (Å²) in [4.78, 5) is 25.9. The highest BCUT2D eigenvalue weighted by atomic mass is 16.5. The Morgan fingerprint density at radius 1 is 1.00 bits per heavy atom. The predicted molar refractivity (Wildman–Crippen MR) is 106 cm³/mol. The molecule has 0 bridgehead atoms. The number of anilines is 2. The number of benzene rings is 2. The van der Waals surface area contributed by atoms with Crippen LogP contribution < -0.4 is 14.5 Å². The second-order valence-electron chi connectivity index (χ2n) is 6.61. The average molecular weight is 362 g/mol. The Morgan fingerprint density at radius 3 is 2.33 bits per heavy atom. The maximum atomic E-state index is 12.8. The van der Waals surface area contributed by atoms with Crippen LogP contribution in [0.25, 0.3) is 11.0 Å². The van der Waals surface area contributed by atoms with E-state index < -0.39 is 0 Å². The molecule has 0 radical (unpaired) electrons. The third-order valence-corrected chi connectivity index (χ3v) is 4.81. The van der Waals surface area contributed by atoms with E-state index in [0.29, 0.717) is 24.7 Å². The van der Waals surface area contributed by atoms with Crippen molar-refractivity contribution in [3.05, 3.63) is 54.1 Å². The quantitative estimate of drug-likeness (QED) is 0.714. The number of aromatic nitrogens is 2. The standard InChI is InChI=1S/C21H22N4O2/c1-3-15-8-10-16(11-9-15)27-14-19(26)25-13-12-24(2)20-21(25)23-18-7-5-4-6-17(18)22-20/h4-11H,3,12-14H2,1-2H3. The van der Waals surface area contributed by atoms with Gasteiger partial charge in [0.05, 0.1) is 11.0 Å². The first-order valence-corrected chi connectivity index (χ1v) is 9.15. The molecule has 0 atom stereocenters. The van der Waals surface area contributed by atoms with Crippen molar-refractivity contribution < 1.29 is 9.53 Å². The van der Waals surface area contributed by atoms with E-state index >= 15 is 0 Å². The van der Waals surface area contributed by atoms with E-state index in [-0.39, 0.29) is 12.5 Å². The first-order chi connectivity index (χ1) is 13.2. The highest BCUT2D eigenvalue weighted by molar-refractivity contribution is 5.98. The van der Waals surface area contributed by atoms with Crippen molar-refractivity contribution in [2.24, 2.45) is 0 Å². The van der Waals surface area contributed by atoms with Gasteiger partial charge in [-0.3, -0.25) is 9.69 Å². The molecule has 0 fully saturated rings. The third kappa shape index (κ3) is 3.43. The number of amides is 1. The Hall–Kier alpha value is -3.15. The lowest BCUT2D eigenvalue weighted by Crippen LogP contribution is -2.45. The summed E-state index contributed by atoms with van der Waals surface area (Å²) in [5.41, 5.74) is 2.84. The number of fused-ring (bicyclic) bond motifs is 2. The van der Waals surface area contributed by atoms with Crippen molar-refractivity contribution >= 4 is 28.6 Å². The number of nitrogens with zero attached hydrogens (tertiary/aromatic N) is 4. The van der Waals surface area contributed by atoms with Crippen LogP contribution >= 0.6 is 0 Å². The topological polar surface area (TPSA) is 58.6 Å². The normalized spacial score (nSPS) is 13.6. The smallest absolute Gasteiger partial charge is 0.266 e. The first kappa shape index (κ1) is 17.3. The van der Waals surface area contributed by atoms with Crippen molar-refractivity contribution in [1.82, 2.24) is 9.97 Å². The van der Waals surface area contributed by atoms with Gasteiger partial charge in [-0.15, -0.1) is 0 Å². The van der Waals surface area contributed by atoms with Crippen LogP contribution in [-0.2, 0) is 11.2 Å². The zero-order chi connectivity index (χ0) is 18.8. The lowest BCUT2D eigenvalue weighted by molar-refractivity contribution is -0.120. The molecule has 0 saturated heterocycles. The van der Waals surface area contributed by atoms with E-state index in [4.69, 9.17) is 14.7 Å². The molecule has 0 aliphatic carbocycles. The molecule has 6 heteroatoms. The van der Waals surface area contributed by atoms with Gasteiger partial charge in [-0.25, -0.2) is 9.97 Å². The number of carbonyl (C=O) groups is 1. The van der Waals surface area contributed by atoms with Gasteiger partial charge in [-0.2, -0.15) is 0 Å². The number of para-hydroxylation sites is 2. The summed E-state index contributed by atoms with van der Waals surface area (Å²) in [7, 11) is 1.97. The van der Waals surface area contributed by atoms with E-state index in [1.807, 2.05) is 60.5 Å². The fourth-order valence-electron chi connectivity index (χ4n) is 3.17. The van der Waals surface area contributed by atoms with Gasteiger partial charge >= 0.3 is 0 Å². The van der Waals surface area contributed by atoms with Gasteiger partial charge in [0.15, 0.2) is 18.2 Å². The van der Waals surface area contributed by atoms with Crippen LogP contribution in [0.2, 0.25) is 0 Å². The van der Waals surface area contributed by atoms with Crippen molar-refractivity contribution in [3.8, 4) is 5.75 Å². The van der Waals surface area contributed by atoms with Gasteiger partial charge in [0.1, 0.15) is 5.75 Å². The number of ether oxygens (including phenoxy) is 1. The van der Waals surface area contributed by atoms with E-state index in [2.05, 4.69) is 6.92 Å². The van der Waals surface area contributed by atoms with Gasteiger partial charge in [0.2, 0.25) is 0 Å². The summed E-state index contributed by atoms with van der Waals surface area (Å²) in [6.07, 6.45) is 0.976. The summed E-state index contributed by atoms with van der Waals surface area (Å²) in [5, 5.41) is 0. The predicted octanol–water partition coefficient (Wildman–Crippen LogP) is 3.05. The van der Waals surface area contributed by atoms with E-state index in [1.165, 1.54) is 5.56 Å². The van der Waals surface area contributed by atoms with Gasteiger partial charge in [0, 0.05) is 20.1 Å². The number of aryl methyl sites for hydroxylation is 1. The second kappa shape index (κ2) is 7.23. The van der Waals surface area contributed by atoms with E-state index in [0.717, 1.165) is 23.3 Å². The molecule has 27 heavy (non-hydrogen) atoms. The van der Waals surface area contributed by atoms with Crippen molar-refractivity contribution in [2.75, 3.05) is 36.5 Å². The molecule has 0 saturated carbocycles. The van der Waals surface area contributed by atoms with Gasteiger partial charge < -0.3 is 9.64 Å². The Bertz CT molecular complexity index is 972. The summed E-state index contributed by atoms with van der Waals surface area (Å²) in [5.74, 6) is 1.89. The van der Waals surface area contributed by atoms with Crippen molar-refractivity contribution in [1.29, 1.82) is 0 Å². The summed E-state index contributed by atoms with van der Waals surface area (Å²) in [6.45, 7) is 3.35. The number of rotatable bonds is 4. The average Bonchev–Trinajstić information content (AvgIpc) is 2.71. The Kier molecular flexibility index (Phi) is 4.62. The minimum absolute atomic E-state index is 0.0247. The molecule has 2 heterocycles. The molecule has 1 aliphatic heterocycles. The Balaban J connectivity index is 1.56. The number of carbonyl (C=O) groups excluding carboxylic acids is 1. The van der Waals surface area contributed by atoms with Gasteiger partial charge in [-0.05, 0) is 36.2 Å². The largest absolute Gasteiger partial charge is 0.484 e. The highest BCUT2D eigenvalue weighted by Crippen LogP contribution is 2.30. The lowest BCUT2D eigenvalue weighted by Gasteiger charge is -2.33. The molecule has 4 rings (SSSR count). The highest BCUT2D eigenvalue weighted by Gasteiger charge is 2.28. The summed E-state index contributed by atoms with van der Waals surface area (Å²) >= 11 is 0. The Labute approximate surface area is 158 Å². The zero-order valence-corrected chi connectivity index (χ0v) is 15.6. The molecule has 138 valence electrons. The van der Waals surface area contributed by atoms with Crippen molar-refractivity contribution in [3.63, 3.8) is 0 Å². The van der Waals surface area contributed by atoms with Crippen LogP contribution in [0.3, 0.4) is 0 Å². The maximum absolute atomic E-state index is 12.8. The molecule has 1 aliphatic rings. The molecule has 0 unspecified atom stereocenters. The van der Waals surface area contributed by atoms with Crippen LogP contribution in [0.15, 0.2) is 48.5 Å². The second-order valence-corrected chi connectivity index (χ2v) is 6.61. The molecule has 0 N–H and O–H groups in total. The molecular weight excluding hydrogens is 340 g/mol. The molecular formula is C21H22N4O2. The molecule has 0 spiro atoms. The number of hydrogen-bond acceptors (Lipinski definition) is 5. The molecule has 3 aromatic rings. The van der Waals surface area contributed by atoms with E-state index in [1.54, 1.807) is 4.90 Å². The monoisotopic (exact) mass is 362 g/mol. The summed E-state index contributed by atoms with van der Waals surface area (Å²) in [6, 6.07) is 15.5. The Morgan fingerprint density at radius 2 is 1.67 bits per heavy atom. The molecule has 6 nitrogen and oxygen atoms in total. The van der Waals surface area contributed by atoms with Gasteiger partial charge in [-0.1, -0.05) is 31.2 Å². The third-order valence-electron chi connectivity index (χ3n) is 4.81. The number of hydrogen-bond donors (Lipinski definition) is 0. The van der Waals surface area contributed by atoms with E-state index in [9.17, 15) is 4.79 Å². The molecule has 1 aromatic heterocycles. The fraction of sp³-hybridized carbons (Fsp3) is 0.286. The molecule has 1 amide bonds. The maximum Gasteiger partial charge on any atom is 0.266 e. The summed E-state index contributed by atoms with van der Waals surface area (Å²) < 4.78 is 5.70. The zero-order valence-electron chi connectivity index (χ0n) is 15.6. The van der Waals surface area contributed by atoms with Crippen molar-refractivity contribution in [2.45, 2.75) is 13.3 Å². The van der Waals surface area contributed by atoms with Crippen LogP contribution in [-0.4, -0.2) is 42.6 Å². The molecule has 2 aromatic carbocycles. The lowest BCUT2D eigenvalue weighted by atomic mass is 10.2. The van der Waals surface area contributed by atoms with Crippen LogP contribution in [0, 0.1) is 0 Å². The SMILES string of the molecule is CCc1ccc(OCC(=O)N2CCN(C)c3nc4ccccc4nc32)cc1. The number of likely N-dealkylation sites (N-methyl/N-ethyl adjacent to an activating group) is 1. The minimum Gasteiger partial charge on any atom is -0.484 e. The minimum atomic E-state index is -0.117. The van der Waals surface area contributed by atoms with Crippen LogP contribution in [0.5, 0.6) is 5.75 Å². The fourth-order valence-corrected chi connectivity index (χ4v) is 3.17. The first-order valence-electron chi connectivity index (χ1n) is 9.15. The van der Waals surface area contributed by atoms with Crippen LogP contribution in [0.1, 0.15) is 12.5 Å². The van der Waals surface area contributed by atoms with Crippen LogP contribution in [0.4, 0.5) is 11.6 Å².